The van der Waals surface area contributed by atoms with Gasteiger partial charge in [-0.15, -0.1) is 0 Å². The van der Waals surface area contributed by atoms with Gasteiger partial charge in [0.05, 0.1) is 25.3 Å². The summed E-state index contributed by atoms with van der Waals surface area (Å²) in [5.41, 5.74) is 2.18. The number of aryl methyl sites for hydroxylation is 1. The van der Waals surface area contributed by atoms with Crippen molar-refractivity contribution in [2.24, 2.45) is 0 Å². The number of hydrogen-bond donors (Lipinski definition) is 1. The van der Waals surface area contributed by atoms with E-state index in [-0.39, 0.29) is 11.3 Å². The summed E-state index contributed by atoms with van der Waals surface area (Å²) in [6, 6.07) is 11.8. The molecule has 0 aromatic heterocycles. The first-order valence-corrected chi connectivity index (χ1v) is 10.6. The fourth-order valence-corrected chi connectivity index (χ4v) is 3.81. The van der Waals surface area contributed by atoms with Gasteiger partial charge in [-0.1, -0.05) is 26.0 Å². The Balaban J connectivity index is 2.09. The lowest BCUT2D eigenvalue weighted by atomic mass is 9.94. The smallest absolute Gasteiger partial charge is 0.295 e. The summed E-state index contributed by atoms with van der Waals surface area (Å²) in [5, 5.41) is 11.1. The number of likely N-dealkylation sites (tertiary alicyclic amines) is 1. The van der Waals surface area contributed by atoms with Crippen molar-refractivity contribution in [2.45, 2.75) is 39.7 Å². The van der Waals surface area contributed by atoms with Crippen LogP contribution in [0.1, 0.15) is 49.4 Å². The molecule has 2 aromatic rings. The number of methoxy groups -OCH3 is 1. The van der Waals surface area contributed by atoms with E-state index in [0.29, 0.717) is 30.9 Å². The van der Waals surface area contributed by atoms with E-state index in [9.17, 15) is 14.7 Å². The Hall–Kier alpha value is -3.28. The number of aliphatic hydroxyl groups is 1. The van der Waals surface area contributed by atoms with Crippen LogP contribution in [-0.2, 0) is 9.59 Å². The number of carbonyl (C=O) groups is 2. The molecule has 0 radical (unpaired) electrons. The summed E-state index contributed by atoms with van der Waals surface area (Å²) in [5.74, 6) is -0.0338. The lowest BCUT2D eigenvalue weighted by molar-refractivity contribution is -0.139. The third kappa shape index (κ3) is 4.43. The maximum absolute atomic E-state index is 12.9. The highest BCUT2D eigenvalue weighted by Crippen LogP contribution is 2.40. The summed E-state index contributed by atoms with van der Waals surface area (Å²) in [6.07, 6.45) is 1.59. The Morgan fingerprint density at radius 1 is 1.06 bits per heavy atom. The van der Waals surface area contributed by atoms with Crippen molar-refractivity contribution in [2.75, 3.05) is 20.3 Å². The van der Waals surface area contributed by atoms with E-state index in [1.165, 1.54) is 4.90 Å². The average molecular weight is 424 g/mol. The highest BCUT2D eigenvalue weighted by Gasteiger charge is 2.45. The monoisotopic (exact) mass is 423 g/mol. The second-order valence-electron chi connectivity index (χ2n) is 7.59. The molecular weight excluding hydrogens is 394 g/mol. The lowest BCUT2D eigenvalue weighted by Crippen LogP contribution is -2.30. The van der Waals surface area contributed by atoms with E-state index >= 15 is 0 Å². The van der Waals surface area contributed by atoms with Crippen LogP contribution < -0.4 is 9.47 Å². The molecule has 3 rings (SSSR count). The Morgan fingerprint density at radius 2 is 1.77 bits per heavy atom. The Labute approximate surface area is 183 Å². The van der Waals surface area contributed by atoms with E-state index in [1.54, 1.807) is 37.4 Å². The first-order valence-electron chi connectivity index (χ1n) is 10.6. The molecule has 1 N–H and O–H groups in total. The van der Waals surface area contributed by atoms with Gasteiger partial charge in [0, 0.05) is 12.1 Å². The van der Waals surface area contributed by atoms with Gasteiger partial charge in [-0.25, -0.2) is 0 Å². The van der Waals surface area contributed by atoms with Crippen LogP contribution in [0.5, 0.6) is 11.5 Å². The summed E-state index contributed by atoms with van der Waals surface area (Å²) in [6.45, 7) is 6.89. The molecule has 0 spiro atoms. The van der Waals surface area contributed by atoms with Crippen molar-refractivity contribution >= 4 is 17.4 Å². The number of Topliss-reactive ketones (excluding diaryl/α,β-unsaturated/α-hetero) is 1. The van der Waals surface area contributed by atoms with E-state index in [0.717, 1.165) is 23.3 Å². The third-order valence-electron chi connectivity index (χ3n) is 5.35. The molecule has 0 saturated carbocycles. The first-order chi connectivity index (χ1) is 14.9. The van der Waals surface area contributed by atoms with Crippen LogP contribution in [0.3, 0.4) is 0 Å². The molecule has 2 aromatic carbocycles. The van der Waals surface area contributed by atoms with Crippen LogP contribution >= 0.6 is 0 Å². The zero-order valence-electron chi connectivity index (χ0n) is 18.5. The minimum Gasteiger partial charge on any atom is -0.507 e. The van der Waals surface area contributed by atoms with Gasteiger partial charge in [0.25, 0.3) is 11.7 Å². The second-order valence-corrected chi connectivity index (χ2v) is 7.59. The van der Waals surface area contributed by atoms with E-state index in [2.05, 4.69) is 0 Å². The molecule has 1 heterocycles. The van der Waals surface area contributed by atoms with Crippen LogP contribution in [0.4, 0.5) is 0 Å². The van der Waals surface area contributed by atoms with Gasteiger partial charge in [-0.2, -0.15) is 0 Å². The summed E-state index contributed by atoms with van der Waals surface area (Å²) in [4.78, 5) is 27.2. The van der Waals surface area contributed by atoms with Crippen molar-refractivity contribution < 1.29 is 24.2 Å². The molecule has 1 aliphatic heterocycles. The standard InChI is InChI=1S/C25H29NO5/c1-5-13-26-22(17-7-10-19(30-4)11-8-17)21(24(28)25(26)29)23(27)18-9-12-20(16(3)15-18)31-14-6-2/h7-12,15,22,27H,5-6,13-14H2,1-4H3/b23-21-. The predicted octanol–water partition coefficient (Wildman–Crippen LogP) is 4.62. The molecule has 6 heteroatoms. The second kappa shape index (κ2) is 9.69. The molecule has 0 bridgehead atoms. The molecule has 1 amide bonds. The number of carbonyl (C=O) groups excluding carboxylic acids is 2. The molecule has 1 saturated heterocycles. The van der Waals surface area contributed by atoms with E-state index in [1.807, 2.05) is 32.9 Å². The number of benzene rings is 2. The van der Waals surface area contributed by atoms with Crippen molar-refractivity contribution in [1.29, 1.82) is 0 Å². The normalized spacial score (nSPS) is 17.8. The van der Waals surface area contributed by atoms with Gasteiger partial charge in [-0.05, 0) is 61.2 Å². The third-order valence-corrected chi connectivity index (χ3v) is 5.35. The summed E-state index contributed by atoms with van der Waals surface area (Å²) >= 11 is 0. The molecule has 1 fully saturated rings. The van der Waals surface area contributed by atoms with Crippen LogP contribution in [-0.4, -0.2) is 42.0 Å². The number of amides is 1. The van der Waals surface area contributed by atoms with Gasteiger partial charge >= 0.3 is 0 Å². The molecule has 0 aliphatic carbocycles. The SMILES string of the molecule is CCCOc1ccc(/C(O)=C2/C(=O)C(=O)N(CCC)C2c2ccc(OC)cc2)cc1C. The Kier molecular flexibility index (Phi) is 7.00. The van der Waals surface area contributed by atoms with Gasteiger partial charge in [0.15, 0.2) is 0 Å². The number of hydrogen-bond acceptors (Lipinski definition) is 5. The number of ketones is 1. The Bertz CT molecular complexity index is 993. The first kappa shape index (κ1) is 22.4. The van der Waals surface area contributed by atoms with Gasteiger partial charge in [-0.3, -0.25) is 9.59 Å². The van der Waals surface area contributed by atoms with Crippen molar-refractivity contribution in [1.82, 2.24) is 4.90 Å². The van der Waals surface area contributed by atoms with E-state index in [4.69, 9.17) is 9.47 Å². The number of ether oxygens (including phenoxy) is 2. The number of aliphatic hydroxyl groups excluding tert-OH is 1. The maximum atomic E-state index is 12.9. The predicted molar refractivity (Wildman–Crippen MR) is 119 cm³/mol. The van der Waals surface area contributed by atoms with Crippen molar-refractivity contribution in [3.05, 3.63) is 64.7 Å². The van der Waals surface area contributed by atoms with Gasteiger partial charge in [0.2, 0.25) is 0 Å². The molecular formula is C25H29NO5. The van der Waals surface area contributed by atoms with Crippen LogP contribution in [0, 0.1) is 6.92 Å². The minimum absolute atomic E-state index is 0.102. The number of nitrogens with zero attached hydrogens (tertiary/aromatic N) is 1. The van der Waals surface area contributed by atoms with Crippen LogP contribution in [0.15, 0.2) is 48.0 Å². The van der Waals surface area contributed by atoms with Crippen molar-refractivity contribution in [3.63, 3.8) is 0 Å². The quantitative estimate of drug-likeness (QED) is 0.381. The molecule has 1 aliphatic rings. The molecule has 164 valence electrons. The lowest BCUT2D eigenvalue weighted by Gasteiger charge is -2.25. The van der Waals surface area contributed by atoms with Gasteiger partial charge < -0.3 is 19.5 Å². The fourth-order valence-electron chi connectivity index (χ4n) is 3.81. The highest BCUT2D eigenvalue weighted by molar-refractivity contribution is 6.46. The largest absolute Gasteiger partial charge is 0.507 e. The Morgan fingerprint density at radius 3 is 2.35 bits per heavy atom. The zero-order chi connectivity index (χ0) is 22.5. The molecule has 1 atom stereocenters. The van der Waals surface area contributed by atoms with Crippen molar-refractivity contribution in [3.8, 4) is 11.5 Å². The topological polar surface area (TPSA) is 76.1 Å². The summed E-state index contributed by atoms with van der Waals surface area (Å²) < 4.78 is 10.9. The number of rotatable bonds is 8. The molecule has 31 heavy (non-hydrogen) atoms. The fraction of sp³-hybridized carbons (Fsp3) is 0.360. The highest BCUT2D eigenvalue weighted by atomic mass is 16.5. The minimum atomic E-state index is -0.671. The molecule has 6 nitrogen and oxygen atoms in total. The maximum Gasteiger partial charge on any atom is 0.295 e. The average Bonchev–Trinajstić information content (AvgIpc) is 3.03. The van der Waals surface area contributed by atoms with E-state index < -0.39 is 17.7 Å². The summed E-state index contributed by atoms with van der Waals surface area (Å²) in [7, 11) is 1.58. The zero-order valence-corrected chi connectivity index (χ0v) is 18.5. The molecule has 1 unspecified atom stereocenters. The van der Waals surface area contributed by atoms with Gasteiger partial charge in [0.1, 0.15) is 17.3 Å². The van der Waals surface area contributed by atoms with Crippen LogP contribution in [0.2, 0.25) is 0 Å². The van der Waals surface area contributed by atoms with Crippen LogP contribution in [0.25, 0.3) is 5.76 Å².